The summed E-state index contributed by atoms with van der Waals surface area (Å²) in [6, 6.07) is 13.2. The van der Waals surface area contributed by atoms with Gasteiger partial charge in [0.05, 0.1) is 0 Å². The van der Waals surface area contributed by atoms with Gasteiger partial charge in [0, 0.05) is 11.2 Å². The molecule has 0 aliphatic heterocycles. The van der Waals surface area contributed by atoms with Gasteiger partial charge in [-0.25, -0.2) is 8.78 Å². The molecular weight excluding hydrogens is 298 g/mol. The second-order valence-corrected chi connectivity index (χ2v) is 4.85. The highest BCUT2D eigenvalue weighted by Gasteiger charge is 2.15. The highest BCUT2D eigenvalue weighted by atomic mass is 79.9. The molecule has 18 heavy (non-hydrogen) atoms. The Kier molecular flexibility index (Phi) is 4.48. The fourth-order valence-electron chi connectivity index (χ4n) is 2.00. The number of hydrogen-bond acceptors (Lipinski definition) is 0. The third-order valence-electron chi connectivity index (χ3n) is 2.90. The Hall–Kier alpha value is -1.22. The largest absolute Gasteiger partial charge is 0.207 e. The van der Waals surface area contributed by atoms with E-state index in [-0.39, 0.29) is 17.6 Å². The first-order valence-electron chi connectivity index (χ1n) is 5.75. The summed E-state index contributed by atoms with van der Waals surface area (Å²) in [4.78, 5) is 0. The van der Waals surface area contributed by atoms with Gasteiger partial charge in [-0.15, -0.1) is 0 Å². The molecule has 0 saturated heterocycles. The zero-order valence-corrected chi connectivity index (χ0v) is 11.3. The fraction of sp³-hybridized carbons (Fsp3) is 0.200. The average molecular weight is 311 g/mol. The van der Waals surface area contributed by atoms with Gasteiger partial charge in [-0.2, -0.15) is 0 Å². The summed E-state index contributed by atoms with van der Waals surface area (Å²) in [5.41, 5.74) is 1.54. The molecule has 94 valence electrons. The lowest BCUT2D eigenvalue weighted by atomic mass is 9.93. The van der Waals surface area contributed by atoms with Gasteiger partial charge in [-0.1, -0.05) is 46.3 Å². The summed E-state index contributed by atoms with van der Waals surface area (Å²) in [5.74, 6) is -0.458. The number of rotatable bonds is 4. The second-order valence-electron chi connectivity index (χ2n) is 4.21. The Morgan fingerprint density at radius 3 is 2.44 bits per heavy atom. The zero-order valence-electron chi connectivity index (χ0n) is 9.74. The minimum absolute atomic E-state index is 0.00741. The molecule has 1 unspecified atom stereocenters. The molecule has 0 spiro atoms. The van der Waals surface area contributed by atoms with Crippen molar-refractivity contribution in [2.24, 2.45) is 0 Å². The molecule has 0 aliphatic rings. The van der Waals surface area contributed by atoms with E-state index in [1.54, 1.807) is 18.2 Å². The normalized spacial score (nSPS) is 12.4. The van der Waals surface area contributed by atoms with Gasteiger partial charge in [-0.3, -0.25) is 0 Å². The predicted molar refractivity (Wildman–Crippen MR) is 73.0 cm³/mol. The molecule has 0 bridgehead atoms. The first-order valence-corrected chi connectivity index (χ1v) is 6.87. The van der Waals surface area contributed by atoms with Crippen LogP contribution in [0.5, 0.6) is 0 Å². The van der Waals surface area contributed by atoms with E-state index >= 15 is 0 Å². The quantitative estimate of drug-likeness (QED) is 0.719. The Morgan fingerprint density at radius 1 is 1.00 bits per heavy atom. The third-order valence-corrected chi connectivity index (χ3v) is 3.68. The third kappa shape index (κ3) is 3.16. The smallest absolute Gasteiger partial charge is 0.126 e. The lowest BCUT2D eigenvalue weighted by Crippen LogP contribution is -2.07. The van der Waals surface area contributed by atoms with Crippen molar-refractivity contribution in [3.63, 3.8) is 0 Å². The van der Waals surface area contributed by atoms with Gasteiger partial charge in [0.25, 0.3) is 0 Å². The first-order chi connectivity index (χ1) is 8.70. The highest BCUT2D eigenvalue weighted by molar-refractivity contribution is 9.09. The van der Waals surface area contributed by atoms with E-state index in [2.05, 4.69) is 15.9 Å². The summed E-state index contributed by atoms with van der Waals surface area (Å²) in [6.45, 7) is 0. The molecule has 1 atom stereocenters. The Bertz CT molecular complexity index is 525. The maximum absolute atomic E-state index is 13.7. The van der Waals surface area contributed by atoms with Crippen molar-refractivity contribution in [3.05, 3.63) is 71.3 Å². The van der Waals surface area contributed by atoms with Crippen LogP contribution >= 0.6 is 15.9 Å². The van der Waals surface area contributed by atoms with E-state index in [1.165, 1.54) is 18.2 Å². The van der Waals surface area contributed by atoms with Crippen LogP contribution in [-0.4, -0.2) is 5.33 Å². The topological polar surface area (TPSA) is 0 Å². The lowest BCUT2D eigenvalue weighted by Gasteiger charge is -2.15. The monoisotopic (exact) mass is 310 g/mol. The molecule has 2 aromatic carbocycles. The van der Waals surface area contributed by atoms with Crippen molar-refractivity contribution < 1.29 is 8.78 Å². The molecule has 0 heterocycles. The van der Waals surface area contributed by atoms with Crippen LogP contribution in [0.25, 0.3) is 0 Å². The minimum atomic E-state index is -0.255. The van der Waals surface area contributed by atoms with E-state index in [1.807, 2.05) is 12.1 Å². The number of halogens is 3. The van der Waals surface area contributed by atoms with Gasteiger partial charge in [-0.05, 0) is 35.7 Å². The van der Waals surface area contributed by atoms with Gasteiger partial charge in [0.2, 0.25) is 0 Å². The molecule has 2 rings (SSSR count). The van der Waals surface area contributed by atoms with E-state index in [0.717, 1.165) is 5.56 Å². The molecule has 3 heteroatoms. The van der Waals surface area contributed by atoms with Crippen LogP contribution < -0.4 is 0 Å². The molecule has 0 nitrogen and oxygen atoms in total. The summed E-state index contributed by atoms with van der Waals surface area (Å²) in [6.07, 6.45) is 0.615. The summed E-state index contributed by atoms with van der Waals surface area (Å²) in [5, 5.41) is 0.643. The van der Waals surface area contributed by atoms with Crippen LogP contribution in [-0.2, 0) is 6.42 Å². The molecule has 0 saturated carbocycles. The number of alkyl halides is 1. The lowest BCUT2D eigenvalue weighted by molar-refractivity contribution is 0.588. The number of benzene rings is 2. The van der Waals surface area contributed by atoms with Gasteiger partial charge in [0.1, 0.15) is 11.6 Å². The SMILES string of the molecule is Fc1cccc(CC(CBr)c2ccccc2F)c1. The van der Waals surface area contributed by atoms with Crippen LogP contribution in [0.1, 0.15) is 17.0 Å². The van der Waals surface area contributed by atoms with Gasteiger partial charge >= 0.3 is 0 Å². The molecule has 0 N–H and O–H groups in total. The van der Waals surface area contributed by atoms with Crippen molar-refractivity contribution in [1.82, 2.24) is 0 Å². The minimum Gasteiger partial charge on any atom is -0.207 e. The second kappa shape index (κ2) is 6.10. The molecule has 2 aromatic rings. The summed E-state index contributed by atoms with van der Waals surface area (Å²) < 4.78 is 26.8. The summed E-state index contributed by atoms with van der Waals surface area (Å²) >= 11 is 3.40. The Morgan fingerprint density at radius 2 is 1.78 bits per heavy atom. The van der Waals surface area contributed by atoms with Crippen LogP contribution in [0.4, 0.5) is 8.78 Å². The van der Waals surface area contributed by atoms with Crippen molar-refractivity contribution >= 4 is 15.9 Å². The maximum atomic E-state index is 13.7. The van der Waals surface area contributed by atoms with Crippen molar-refractivity contribution in [2.45, 2.75) is 12.3 Å². The highest BCUT2D eigenvalue weighted by Crippen LogP contribution is 2.25. The van der Waals surface area contributed by atoms with E-state index in [9.17, 15) is 8.78 Å². The number of hydrogen-bond donors (Lipinski definition) is 0. The molecule has 0 fully saturated rings. The molecule has 0 amide bonds. The van der Waals surface area contributed by atoms with Crippen molar-refractivity contribution in [3.8, 4) is 0 Å². The van der Waals surface area contributed by atoms with Crippen LogP contribution in [0, 0.1) is 11.6 Å². The van der Waals surface area contributed by atoms with E-state index in [4.69, 9.17) is 0 Å². The van der Waals surface area contributed by atoms with Crippen molar-refractivity contribution in [1.29, 1.82) is 0 Å². The summed E-state index contributed by atoms with van der Waals surface area (Å²) in [7, 11) is 0. The molecule has 0 aliphatic carbocycles. The Labute approximate surface area is 114 Å². The maximum Gasteiger partial charge on any atom is 0.126 e. The van der Waals surface area contributed by atoms with E-state index < -0.39 is 0 Å². The molecule has 0 aromatic heterocycles. The molecule has 0 radical (unpaired) electrons. The Balaban J connectivity index is 2.23. The van der Waals surface area contributed by atoms with Crippen LogP contribution in [0.3, 0.4) is 0 Å². The first kappa shape index (κ1) is 13.2. The standard InChI is InChI=1S/C15H13BrF2/c16-10-12(14-6-1-2-7-15(14)18)8-11-4-3-5-13(17)9-11/h1-7,9,12H,8,10H2. The van der Waals surface area contributed by atoms with E-state index in [0.29, 0.717) is 17.3 Å². The van der Waals surface area contributed by atoms with Crippen LogP contribution in [0.15, 0.2) is 48.5 Å². The van der Waals surface area contributed by atoms with Gasteiger partial charge < -0.3 is 0 Å². The zero-order chi connectivity index (χ0) is 13.0. The molecular formula is C15H13BrF2. The van der Waals surface area contributed by atoms with Crippen LogP contribution in [0.2, 0.25) is 0 Å². The average Bonchev–Trinajstić information content (AvgIpc) is 2.37. The predicted octanol–water partition coefficient (Wildman–Crippen LogP) is 4.69. The van der Waals surface area contributed by atoms with Gasteiger partial charge in [0.15, 0.2) is 0 Å². The van der Waals surface area contributed by atoms with Crippen molar-refractivity contribution in [2.75, 3.05) is 5.33 Å². The fourth-order valence-corrected chi connectivity index (χ4v) is 2.58.